The van der Waals surface area contributed by atoms with E-state index in [9.17, 15) is 30.0 Å². The maximum absolute atomic E-state index is 12.6. The summed E-state index contributed by atoms with van der Waals surface area (Å²) in [7, 11) is 0. The van der Waals surface area contributed by atoms with E-state index in [1.54, 1.807) is 0 Å². The molecule has 0 saturated carbocycles. The van der Waals surface area contributed by atoms with Crippen LogP contribution in [0.15, 0.2) is 57.7 Å². The lowest BCUT2D eigenvalue weighted by Crippen LogP contribution is -2.13. The number of rotatable bonds is 3. The van der Waals surface area contributed by atoms with E-state index in [2.05, 4.69) is 0 Å². The molecule has 3 rings (SSSR count). The Kier molecular flexibility index (Phi) is 3.90. The number of phenols is 2. The number of hydrogen-bond donors (Lipinski definition) is 4. The van der Waals surface area contributed by atoms with Crippen molar-refractivity contribution in [2.24, 2.45) is 0 Å². The smallest absolute Gasteiger partial charge is 0.372 e. The largest absolute Gasteiger partial charge is 0.508 e. The van der Waals surface area contributed by atoms with Gasteiger partial charge < -0.3 is 24.8 Å². The number of hydrogen-bond acceptors (Lipinski definition) is 6. The molecule has 0 aliphatic carbocycles. The minimum Gasteiger partial charge on any atom is -0.508 e. The molecule has 0 fully saturated rings. The Balaban J connectivity index is 2.29. The molecule has 7 heteroatoms. The summed E-state index contributed by atoms with van der Waals surface area (Å²) in [6.07, 6.45) is 0. The average molecular weight is 340 g/mol. The molecule has 0 amide bonds. The van der Waals surface area contributed by atoms with Crippen LogP contribution < -0.4 is 5.43 Å². The summed E-state index contributed by atoms with van der Waals surface area (Å²) >= 11 is 0. The predicted molar refractivity (Wildman–Crippen MR) is 87.8 cm³/mol. The van der Waals surface area contributed by atoms with Crippen molar-refractivity contribution in [3.8, 4) is 39.7 Å². The van der Waals surface area contributed by atoms with Gasteiger partial charge in [0, 0.05) is 5.56 Å². The Labute approximate surface area is 140 Å². The van der Waals surface area contributed by atoms with Crippen molar-refractivity contribution in [1.82, 2.24) is 0 Å². The van der Waals surface area contributed by atoms with Crippen molar-refractivity contribution >= 4 is 5.97 Å². The van der Waals surface area contributed by atoms with Gasteiger partial charge in [-0.25, -0.2) is 4.79 Å². The summed E-state index contributed by atoms with van der Waals surface area (Å²) in [5, 5.41) is 38.3. The zero-order valence-corrected chi connectivity index (χ0v) is 12.6. The van der Waals surface area contributed by atoms with Crippen LogP contribution in [0.25, 0.3) is 22.5 Å². The van der Waals surface area contributed by atoms with Gasteiger partial charge in [0.25, 0.3) is 0 Å². The van der Waals surface area contributed by atoms with Crippen LogP contribution in [-0.4, -0.2) is 26.4 Å². The first kappa shape index (κ1) is 16.1. The first-order chi connectivity index (χ1) is 11.9. The molecule has 126 valence electrons. The fraction of sp³-hybridized carbons (Fsp3) is 0. The highest BCUT2D eigenvalue weighted by molar-refractivity contribution is 5.94. The molecule has 1 heterocycles. The first-order valence-electron chi connectivity index (χ1n) is 7.10. The van der Waals surface area contributed by atoms with E-state index in [1.807, 2.05) is 0 Å². The highest BCUT2D eigenvalue weighted by Gasteiger charge is 2.25. The van der Waals surface area contributed by atoms with Gasteiger partial charge in [-0.3, -0.25) is 4.79 Å². The summed E-state index contributed by atoms with van der Waals surface area (Å²) in [6.45, 7) is 0. The highest BCUT2D eigenvalue weighted by Crippen LogP contribution is 2.33. The Hall–Kier alpha value is -3.74. The molecule has 0 saturated heterocycles. The van der Waals surface area contributed by atoms with E-state index in [4.69, 9.17) is 4.42 Å². The van der Waals surface area contributed by atoms with Crippen molar-refractivity contribution in [3.63, 3.8) is 0 Å². The monoisotopic (exact) mass is 340 g/mol. The lowest BCUT2D eigenvalue weighted by atomic mass is 10.0. The summed E-state index contributed by atoms with van der Waals surface area (Å²) < 4.78 is 5.30. The van der Waals surface area contributed by atoms with E-state index in [-0.39, 0.29) is 33.9 Å². The van der Waals surface area contributed by atoms with E-state index >= 15 is 0 Å². The van der Waals surface area contributed by atoms with Gasteiger partial charge in [0.1, 0.15) is 11.5 Å². The number of carbonyl (C=O) groups is 1. The van der Waals surface area contributed by atoms with Crippen molar-refractivity contribution < 1.29 is 29.6 Å². The number of phenolic OH excluding ortho intramolecular Hbond substituents is 2. The van der Waals surface area contributed by atoms with E-state index in [0.717, 1.165) is 0 Å². The minimum atomic E-state index is -1.49. The third kappa shape index (κ3) is 2.90. The Morgan fingerprint density at radius 1 is 0.800 bits per heavy atom. The van der Waals surface area contributed by atoms with E-state index in [0.29, 0.717) is 0 Å². The maximum atomic E-state index is 12.6. The van der Waals surface area contributed by atoms with Gasteiger partial charge >= 0.3 is 5.97 Å². The van der Waals surface area contributed by atoms with Crippen LogP contribution in [0.3, 0.4) is 0 Å². The van der Waals surface area contributed by atoms with Gasteiger partial charge in [0.15, 0.2) is 5.76 Å². The Morgan fingerprint density at radius 3 is 1.76 bits per heavy atom. The lowest BCUT2D eigenvalue weighted by Gasteiger charge is -2.10. The molecular weight excluding hydrogens is 328 g/mol. The van der Waals surface area contributed by atoms with Crippen LogP contribution in [-0.2, 0) is 0 Å². The number of benzene rings is 2. The van der Waals surface area contributed by atoms with Crippen molar-refractivity contribution in [2.75, 3.05) is 0 Å². The lowest BCUT2D eigenvalue weighted by molar-refractivity contribution is 0.0661. The van der Waals surface area contributed by atoms with Crippen molar-refractivity contribution in [1.29, 1.82) is 0 Å². The second kappa shape index (κ2) is 6.04. The zero-order chi connectivity index (χ0) is 18.1. The second-order valence-corrected chi connectivity index (χ2v) is 5.21. The van der Waals surface area contributed by atoms with Crippen molar-refractivity contribution in [3.05, 3.63) is 64.5 Å². The fourth-order valence-electron chi connectivity index (χ4n) is 2.38. The minimum absolute atomic E-state index is 0.0373. The number of aromatic carboxylic acids is 1. The SMILES string of the molecule is O=C(O)c1oc(-c2ccc(O)cc2)c(O)c(=O)c1-c1ccc(O)cc1. The molecule has 0 radical (unpaired) electrons. The molecule has 0 unspecified atom stereocenters. The molecule has 0 aliphatic rings. The predicted octanol–water partition coefficient (Wildman–Crippen LogP) is 2.79. The molecule has 0 aliphatic heterocycles. The Morgan fingerprint density at radius 2 is 1.28 bits per heavy atom. The molecule has 7 nitrogen and oxygen atoms in total. The number of carboxylic acids is 1. The van der Waals surface area contributed by atoms with Gasteiger partial charge in [-0.1, -0.05) is 12.1 Å². The van der Waals surface area contributed by atoms with Crippen molar-refractivity contribution in [2.45, 2.75) is 0 Å². The van der Waals surface area contributed by atoms with E-state index < -0.39 is 22.9 Å². The van der Waals surface area contributed by atoms with Crippen LogP contribution in [0.5, 0.6) is 17.2 Å². The molecule has 1 aromatic heterocycles. The summed E-state index contributed by atoms with van der Waals surface area (Å²) in [5.74, 6) is -3.29. The van der Waals surface area contributed by atoms with Crippen LogP contribution in [0, 0.1) is 0 Å². The molecule has 0 spiro atoms. The van der Waals surface area contributed by atoms with E-state index in [1.165, 1.54) is 48.5 Å². The van der Waals surface area contributed by atoms with Gasteiger partial charge in [-0.2, -0.15) is 0 Å². The molecule has 3 aromatic rings. The van der Waals surface area contributed by atoms with Gasteiger partial charge in [-0.05, 0) is 42.0 Å². The molecule has 25 heavy (non-hydrogen) atoms. The molecular formula is C18H12O7. The van der Waals surface area contributed by atoms with Crippen LogP contribution >= 0.6 is 0 Å². The van der Waals surface area contributed by atoms with Gasteiger partial charge in [0.05, 0.1) is 5.56 Å². The summed E-state index contributed by atoms with van der Waals surface area (Å²) in [6, 6.07) is 10.6. The second-order valence-electron chi connectivity index (χ2n) is 5.21. The number of carboxylic acid groups (broad SMARTS) is 1. The topological polar surface area (TPSA) is 128 Å². The molecule has 2 aromatic carbocycles. The van der Waals surface area contributed by atoms with Crippen LogP contribution in [0.1, 0.15) is 10.6 Å². The summed E-state index contributed by atoms with van der Waals surface area (Å²) in [4.78, 5) is 24.1. The average Bonchev–Trinajstić information content (AvgIpc) is 2.59. The maximum Gasteiger partial charge on any atom is 0.372 e. The number of aromatic hydroxyl groups is 3. The standard InChI is InChI=1S/C18H12O7/c19-11-5-1-9(2-6-11)13-14(21)15(22)16(25-17(13)18(23)24)10-3-7-12(20)8-4-10/h1-8,19-20,22H,(H,23,24). The molecule has 0 bridgehead atoms. The third-order valence-corrected chi connectivity index (χ3v) is 3.57. The zero-order valence-electron chi connectivity index (χ0n) is 12.6. The fourth-order valence-corrected chi connectivity index (χ4v) is 2.38. The quantitative estimate of drug-likeness (QED) is 0.577. The Bertz CT molecular complexity index is 999. The van der Waals surface area contributed by atoms with Crippen LogP contribution in [0.2, 0.25) is 0 Å². The van der Waals surface area contributed by atoms with Gasteiger partial charge in [0.2, 0.25) is 16.9 Å². The highest BCUT2D eigenvalue weighted by atomic mass is 16.4. The van der Waals surface area contributed by atoms with Crippen LogP contribution in [0.4, 0.5) is 0 Å². The van der Waals surface area contributed by atoms with Gasteiger partial charge in [-0.15, -0.1) is 0 Å². The summed E-state index contributed by atoms with van der Waals surface area (Å²) in [5.41, 5.74) is -0.839. The third-order valence-electron chi connectivity index (χ3n) is 3.57. The molecule has 4 N–H and O–H groups in total. The normalized spacial score (nSPS) is 10.6. The first-order valence-corrected chi connectivity index (χ1v) is 7.10. The molecule has 0 atom stereocenters.